The monoisotopic (exact) mass is 309 g/mol. The molecule has 0 aliphatic heterocycles. The fraction of sp³-hybridized carbons (Fsp3) is 0.250. The second-order valence-electron chi connectivity index (χ2n) is 5.12. The minimum absolute atomic E-state index is 0.0441. The van der Waals surface area contributed by atoms with Crippen molar-refractivity contribution in [2.75, 3.05) is 5.32 Å². The van der Waals surface area contributed by atoms with Crippen LogP contribution in [0.1, 0.15) is 24.4 Å². The van der Waals surface area contributed by atoms with Crippen molar-refractivity contribution in [2.45, 2.75) is 18.9 Å². The summed E-state index contributed by atoms with van der Waals surface area (Å²) in [5.74, 6) is 0.0431. The first-order valence-corrected chi connectivity index (χ1v) is 7.37. The zero-order valence-corrected chi connectivity index (χ0v) is 12.3. The quantitative estimate of drug-likeness (QED) is 0.715. The van der Waals surface area contributed by atoms with E-state index in [9.17, 15) is 4.39 Å². The van der Waals surface area contributed by atoms with Gasteiger partial charge in [0.15, 0.2) is 5.82 Å². The molecule has 0 saturated heterocycles. The number of halogens is 3. The first-order valence-electron chi connectivity index (χ1n) is 6.61. The molecule has 0 bridgehead atoms. The van der Waals surface area contributed by atoms with E-state index < -0.39 is 5.82 Å². The van der Waals surface area contributed by atoms with Crippen LogP contribution in [0.25, 0.3) is 0 Å². The maximum absolute atomic E-state index is 13.5. The van der Waals surface area contributed by atoms with Crippen molar-refractivity contribution in [1.82, 2.24) is 0 Å². The van der Waals surface area contributed by atoms with Gasteiger partial charge in [0.2, 0.25) is 0 Å². The Morgan fingerprint density at radius 1 is 1.05 bits per heavy atom. The number of benzene rings is 2. The summed E-state index contributed by atoms with van der Waals surface area (Å²) in [6.07, 6.45) is 2.41. The topological polar surface area (TPSA) is 12.0 Å². The van der Waals surface area contributed by atoms with E-state index in [2.05, 4.69) is 17.4 Å². The Labute approximate surface area is 127 Å². The molecule has 2 aromatic rings. The molecule has 1 nitrogen and oxygen atoms in total. The molecule has 3 rings (SSSR count). The van der Waals surface area contributed by atoms with Gasteiger partial charge in [-0.15, -0.1) is 0 Å². The van der Waals surface area contributed by atoms with Gasteiger partial charge in [0.05, 0.1) is 16.1 Å². The molecular weight excluding hydrogens is 296 g/mol. The Bertz CT molecular complexity index is 588. The van der Waals surface area contributed by atoms with Crippen molar-refractivity contribution in [2.24, 2.45) is 5.92 Å². The Morgan fingerprint density at radius 3 is 2.20 bits per heavy atom. The molecule has 1 unspecified atom stereocenters. The number of anilines is 1. The van der Waals surface area contributed by atoms with Gasteiger partial charge in [0, 0.05) is 5.69 Å². The smallest absolute Gasteiger partial charge is 0.160 e. The Kier molecular flexibility index (Phi) is 3.86. The standard InChI is InChI=1S/C16H14Cl2FN/c17-13-8-12(9-14(18)15(13)19)20-16(11-6-7-11)10-4-2-1-3-5-10/h1-5,8-9,11,16,20H,6-7H2. The molecule has 0 aromatic heterocycles. The Morgan fingerprint density at radius 2 is 1.65 bits per heavy atom. The first kappa shape index (κ1) is 13.7. The third-order valence-electron chi connectivity index (χ3n) is 3.56. The molecule has 0 amide bonds. The summed E-state index contributed by atoms with van der Waals surface area (Å²) in [6, 6.07) is 13.6. The first-order chi connectivity index (χ1) is 9.65. The van der Waals surface area contributed by atoms with Gasteiger partial charge >= 0.3 is 0 Å². The highest BCUT2D eigenvalue weighted by Gasteiger charge is 2.32. The molecule has 20 heavy (non-hydrogen) atoms. The SMILES string of the molecule is Fc1c(Cl)cc(NC(c2ccccc2)C2CC2)cc1Cl. The molecule has 1 N–H and O–H groups in total. The summed E-state index contributed by atoms with van der Waals surface area (Å²) in [5.41, 5.74) is 1.98. The van der Waals surface area contributed by atoms with Crippen LogP contribution in [0.4, 0.5) is 10.1 Å². The third kappa shape index (κ3) is 2.92. The maximum Gasteiger partial charge on any atom is 0.160 e. The molecule has 1 saturated carbocycles. The van der Waals surface area contributed by atoms with E-state index in [1.165, 1.54) is 18.4 Å². The van der Waals surface area contributed by atoms with Gasteiger partial charge in [-0.05, 0) is 36.5 Å². The van der Waals surface area contributed by atoms with Crippen molar-refractivity contribution in [3.63, 3.8) is 0 Å². The summed E-state index contributed by atoms with van der Waals surface area (Å²) < 4.78 is 13.5. The lowest BCUT2D eigenvalue weighted by atomic mass is 10.0. The van der Waals surface area contributed by atoms with Crippen molar-refractivity contribution < 1.29 is 4.39 Å². The van der Waals surface area contributed by atoms with Gasteiger partial charge < -0.3 is 5.32 Å². The molecular formula is C16H14Cl2FN. The van der Waals surface area contributed by atoms with Gasteiger partial charge in [0.25, 0.3) is 0 Å². The van der Waals surface area contributed by atoms with Crippen LogP contribution in [0.15, 0.2) is 42.5 Å². The molecule has 1 aliphatic carbocycles. The summed E-state index contributed by atoms with van der Waals surface area (Å²) in [4.78, 5) is 0. The lowest BCUT2D eigenvalue weighted by Crippen LogP contribution is -2.13. The fourth-order valence-electron chi connectivity index (χ4n) is 2.38. The second-order valence-corrected chi connectivity index (χ2v) is 5.94. The molecule has 2 aromatic carbocycles. The van der Waals surface area contributed by atoms with Crippen molar-refractivity contribution >= 4 is 28.9 Å². The molecule has 0 heterocycles. The van der Waals surface area contributed by atoms with E-state index >= 15 is 0 Å². The number of nitrogens with one attached hydrogen (secondary N) is 1. The van der Waals surface area contributed by atoms with Crippen LogP contribution in [0.2, 0.25) is 10.0 Å². The molecule has 0 spiro atoms. The van der Waals surface area contributed by atoms with E-state index in [1.807, 2.05) is 18.2 Å². The van der Waals surface area contributed by atoms with Crippen LogP contribution in [-0.2, 0) is 0 Å². The van der Waals surface area contributed by atoms with Gasteiger partial charge in [0.1, 0.15) is 0 Å². The van der Waals surface area contributed by atoms with Gasteiger partial charge in [-0.3, -0.25) is 0 Å². The van der Waals surface area contributed by atoms with Crippen LogP contribution in [-0.4, -0.2) is 0 Å². The van der Waals surface area contributed by atoms with Crippen molar-refractivity contribution in [3.8, 4) is 0 Å². The fourth-order valence-corrected chi connectivity index (χ4v) is 2.87. The number of hydrogen-bond donors (Lipinski definition) is 1. The van der Waals surface area contributed by atoms with Crippen LogP contribution in [0, 0.1) is 11.7 Å². The average Bonchev–Trinajstić information content (AvgIpc) is 3.27. The van der Waals surface area contributed by atoms with Crippen LogP contribution in [0.3, 0.4) is 0 Å². The zero-order valence-electron chi connectivity index (χ0n) is 10.7. The highest BCUT2D eigenvalue weighted by Crippen LogP contribution is 2.43. The summed E-state index contributed by atoms with van der Waals surface area (Å²) >= 11 is 11.7. The van der Waals surface area contributed by atoms with E-state index in [-0.39, 0.29) is 16.1 Å². The normalized spacial score (nSPS) is 15.9. The molecule has 1 aliphatic rings. The molecule has 104 valence electrons. The lowest BCUT2D eigenvalue weighted by molar-refractivity contribution is 0.628. The molecule has 1 fully saturated rings. The van der Waals surface area contributed by atoms with Gasteiger partial charge in [-0.1, -0.05) is 53.5 Å². The van der Waals surface area contributed by atoms with Crippen LogP contribution < -0.4 is 5.32 Å². The van der Waals surface area contributed by atoms with E-state index in [0.29, 0.717) is 5.92 Å². The van der Waals surface area contributed by atoms with E-state index in [0.717, 1.165) is 5.69 Å². The maximum atomic E-state index is 13.5. The predicted molar refractivity (Wildman–Crippen MR) is 81.9 cm³/mol. The highest BCUT2D eigenvalue weighted by atomic mass is 35.5. The van der Waals surface area contributed by atoms with Gasteiger partial charge in [-0.2, -0.15) is 0 Å². The predicted octanol–water partition coefficient (Wildman–Crippen LogP) is 5.70. The summed E-state index contributed by atoms with van der Waals surface area (Å²) in [5, 5.41) is 3.52. The average molecular weight is 310 g/mol. The third-order valence-corrected chi connectivity index (χ3v) is 4.11. The highest BCUT2D eigenvalue weighted by molar-refractivity contribution is 6.35. The van der Waals surface area contributed by atoms with Crippen molar-refractivity contribution in [1.29, 1.82) is 0 Å². The Hall–Kier alpha value is -1.25. The molecule has 0 radical (unpaired) electrons. The van der Waals surface area contributed by atoms with E-state index in [1.54, 1.807) is 12.1 Å². The van der Waals surface area contributed by atoms with E-state index in [4.69, 9.17) is 23.2 Å². The van der Waals surface area contributed by atoms with Gasteiger partial charge in [-0.25, -0.2) is 4.39 Å². The summed E-state index contributed by atoms with van der Waals surface area (Å²) in [6.45, 7) is 0. The molecule has 4 heteroatoms. The largest absolute Gasteiger partial charge is 0.378 e. The Balaban J connectivity index is 1.88. The minimum atomic E-state index is -0.568. The lowest BCUT2D eigenvalue weighted by Gasteiger charge is -2.20. The minimum Gasteiger partial charge on any atom is -0.378 e. The zero-order chi connectivity index (χ0) is 14.1. The number of rotatable bonds is 4. The second kappa shape index (κ2) is 5.63. The van der Waals surface area contributed by atoms with Crippen LogP contribution >= 0.6 is 23.2 Å². The summed E-state index contributed by atoms with van der Waals surface area (Å²) in [7, 11) is 0. The number of hydrogen-bond acceptors (Lipinski definition) is 1. The van der Waals surface area contributed by atoms with Crippen molar-refractivity contribution in [3.05, 3.63) is 63.9 Å². The van der Waals surface area contributed by atoms with Crippen LogP contribution in [0.5, 0.6) is 0 Å². The molecule has 1 atom stereocenters.